The number of nitrogens with zero attached hydrogens (tertiary/aromatic N) is 1. The lowest BCUT2D eigenvalue weighted by molar-refractivity contribution is -0.216. The minimum Gasteiger partial charge on any atom is -0.382 e. The molecule has 1 fully saturated rings. The first-order chi connectivity index (χ1) is 8.91. The van der Waals surface area contributed by atoms with E-state index in [1.165, 1.54) is 0 Å². The van der Waals surface area contributed by atoms with Gasteiger partial charge in [-0.15, -0.1) is 0 Å². The monoisotopic (exact) mass is 273 g/mol. The number of amides is 1. The summed E-state index contributed by atoms with van der Waals surface area (Å²) in [4.78, 5) is 13.3. The fraction of sp³-hybridized carbons (Fsp3) is 0.462. The zero-order valence-electron chi connectivity index (χ0n) is 10.1. The summed E-state index contributed by atoms with van der Waals surface area (Å²) in [5.41, 5.74) is 0.337. The predicted octanol–water partition coefficient (Wildman–Crippen LogP) is 2.21. The number of rotatable bonds is 2. The molecule has 19 heavy (non-hydrogen) atoms. The topological polar surface area (TPSA) is 40.5 Å². The molecule has 1 heterocycles. The highest BCUT2D eigenvalue weighted by Crippen LogP contribution is 2.31. The molecule has 0 radical (unpaired) electrons. The van der Waals surface area contributed by atoms with Crippen LogP contribution < -0.4 is 0 Å². The summed E-state index contributed by atoms with van der Waals surface area (Å²) >= 11 is 0. The van der Waals surface area contributed by atoms with Gasteiger partial charge < -0.3 is 10.0 Å². The van der Waals surface area contributed by atoms with E-state index in [1.807, 2.05) is 0 Å². The molecule has 1 N–H and O–H groups in total. The van der Waals surface area contributed by atoms with Crippen LogP contribution in [0.1, 0.15) is 23.2 Å². The van der Waals surface area contributed by atoms with Crippen molar-refractivity contribution in [2.75, 3.05) is 6.54 Å². The number of benzene rings is 1. The Kier molecular flexibility index (Phi) is 3.80. The second kappa shape index (κ2) is 5.21. The molecule has 0 bridgehead atoms. The number of alkyl halides is 3. The van der Waals surface area contributed by atoms with Crippen molar-refractivity contribution in [2.45, 2.75) is 31.2 Å². The molecule has 104 valence electrons. The molecule has 1 aromatic carbocycles. The van der Waals surface area contributed by atoms with Crippen LogP contribution in [0.25, 0.3) is 0 Å². The first-order valence-electron chi connectivity index (χ1n) is 6.02. The summed E-state index contributed by atoms with van der Waals surface area (Å²) in [6.45, 7) is 0.242. The molecule has 2 rings (SSSR count). The summed E-state index contributed by atoms with van der Waals surface area (Å²) in [5.74, 6) is -0.466. The average molecular weight is 273 g/mol. The van der Waals surface area contributed by atoms with E-state index >= 15 is 0 Å². The van der Waals surface area contributed by atoms with E-state index in [0.29, 0.717) is 12.0 Å². The van der Waals surface area contributed by atoms with Gasteiger partial charge >= 0.3 is 6.18 Å². The van der Waals surface area contributed by atoms with E-state index in [1.54, 1.807) is 30.3 Å². The maximum Gasteiger partial charge on any atom is 0.416 e. The third kappa shape index (κ3) is 2.89. The van der Waals surface area contributed by atoms with Gasteiger partial charge in [-0.3, -0.25) is 4.79 Å². The first-order valence-corrected chi connectivity index (χ1v) is 6.02. The maximum absolute atomic E-state index is 12.6. The Morgan fingerprint density at radius 2 is 1.95 bits per heavy atom. The Bertz CT molecular complexity index is 447. The maximum atomic E-state index is 12.6. The van der Waals surface area contributed by atoms with Crippen molar-refractivity contribution >= 4 is 5.91 Å². The van der Waals surface area contributed by atoms with E-state index in [-0.39, 0.29) is 13.0 Å². The number of carbonyl (C=O) groups is 1. The van der Waals surface area contributed by atoms with E-state index in [2.05, 4.69) is 0 Å². The van der Waals surface area contributed by atoms with Gasteiger partial charge in [0.2, 0.25) is 0 Å². The van der Waals surface area contributed by atoms with Crippen molar-refractivity contribution in [3.63, 3.8) is 0 Å². The zero-order chi connectivity index (χ0) is 14.0. The van der Waals surface area contributed by atoms with Crippen LogP contribution in [0.5, 0.6) is 0 Å². The second-order valence-electron chi connectivity index (χ2n) is 4.56. The van der Waals surface area contributed by atoms with Gasteiger partial charge in [0.25, 0.3) is 5.91 Å². The number of likely N-dealkylation sites (tertiary alicyclic amines) is 1. The third-order valence-corrected chi connectivity index (χ3v) is 3.28. The average Bonchev–Trinajstić information content (AvgIpc) is 2.85. The summed E-state index contributed by atoms with van der Waals surface area (Å²) < 4.78 is 37.7. The SMILES string of the molecule is O=C(c1ccccc1)N1CCCC1C(O)C(F)(F)F. The molecular formula is C13H14F3NO2. The van der Waals surface area contributed by atoms with Crippen molar-refractivity contribution < 1.29 is 23.1 Å². The van der Waals surface area contributed by atoms with Crippen molar-refractivity contribution in [2.24, 2.45) is 0 Å². The highest BCUT2D eigenvalue weighted by Gasteiger charge is 2.48. The lowest BCUT2D eigenvalue weighted by Gasteiger charge is -2.29. The lowest BCUT2D eigenvalue weighted by Crippen LogP contribution is -2.49. The zero-order valence-corrected chi connectivity index (χ0v) is 10.1. The number of halogens is 3. The van der Waals surface area contributed by atoms with Crippen LogP contribution in [-0.2, 0) is 0 Å². The molecule has 2 unspecified atom stereocenters. The molecule has 1 aliphatic rings. The molecule has 1 aliphatic heterocycles. The Morgan fingerprint density at radius 1 is 1.32 bits per heavy atom. The number of aliphatic hydroxyl groups excluding tert-OH is 1. The summed E-state index contributed by atoms with van der Waals surface area (Å²) in [5, 5.41) is 9.33. The fourth-order valence-electron chi connectivity index (χ4n) is 2.34. The summed E-state index contributed by atoms with van der Waals surface area (Å²) in [7, 11) is 0. The van der Waals surface area contributed by atoms with Crippen LogP contribution in [0.2, 0.25) is 0 Å². The van der Waals surface area contributed by atoms with Crippen molar-refractivity contribution in [3.8, 4) is 0 Å². The molecule has 0 aliphatic carbocycles. The van der Waals surface area contributed by atoms with Gasteiger partial charge in [-0.2, -0.15) is 13.2 Å². The van der Waals surface area contributed by atoms with Crippen LogP contribution in [-0.4, -0.2) is 40.8 Å². The largest absolute Gasteiger partial charge is 0.416 e. The van der Waals surface area contributed by atoms with Crippen LogP contribution in [0.4, 0.5) is 13.2 Å². The Morgan fingerprint density at radius 3 is 2.53 bits per heavy atom. The van der Waals surface area contributed by atoms with Crippen molar-refractivity contribution in [1.82, 2.24) is 4.90 Å². The minimum atomic E-state index is -4.70. The van der Waals surface area contributed by atoms with Crippen molar-refractivity contribution in [3.05, 3.63) is 35.9 Å². The third-order valence-electron chi connectivity index (χ3n) is 3.28. The predicted molar refractivity (Wildman–Crippen MR) is 62.6 cm³/mol. The quantitative estimate of drug-likeness (QED) is 0.897. The molecule has 6 heteroatoms. The van der Waals surface area contributed by atoms with Gasteiger partial charge in [0.15, 0.2) is 6.10 Å². The van der Waals surface area contributed by atoms with E-state index in [4.69, 9.17) is 0 Å². The van der Waals surface area contributed by atoms with Gasteiger partial charge in [0.1, 0.15) is 0 Å². The summed E-state index contributed by atoms with van der Waals surface area (Å²) in [6.07, 6.45) is -6.55. The van der Waals surface area contributed by atoms with Gasteiger partial charge in [-0.1, -0.05) is 18.2 Å². The van der Waals surface area contributed by atoms with Gasteiger partial charge in [-0.25, -0.2) is 0 Å². The van der Waals surface area contributed by atoms with Crippen LogP contribution in [0.3, 0.4) is 0 Å². The van der Waals surface area contributed by atoms with E-state index in [9.17, 15) is 23.1 Å². The normalized spacial score (nSPS) is 21.5. The standard InChI is InChI=1S/C13H14F3NO2/c14-13(15,16)11(18)10-7-4-8-17(10)12(19)9-5-2-1-3-6-9/h1-3,5-6,10-11,18H,4,7-8H2. The minimum absolute atomic E-state index is 0.166. The highest BCUT2D eigenvalue weighted by atomic mass is 19.4. The van der Waals surface area contributed by atoms with Crippen molar-refractivity contribution in [1.29, 1.82) is 0 Å². The van der Waals surface area contributed by atoms with Crippen LogP contribution >= 0.6 is 0 Å². The molecule has 1 aromatic rings. The molecule has 1 amide bonds. The highest BCUT2D eigenvalue weighted by molar-refractivity contribution is 5.94. The van der Waals surface area contributed by atoms with Gasteiger partial charge in [-0.05, 0) is 25.0 Å². The first kappa shape index (κ1) is 13.9. The fourth-order valence-corrected chi connectivity index (χ4v) is 2.34. The van der Waals surface area contributed by atoms with E-state index in [0.717, 1.165) is 4.90 Å². The molecule has 0 spiro atoms. The summed E-state index contributed by atoms with van der Waals surface area (Å²) in [6, 6.07) is 6.95. The Balaban J connectivity index is 2.18. The molecule has 0 saturated carbocycles. The number of aliphatic hydroxyl groups is 1. The Hall–Kier alpha value is -1.56. The van der Waals surface area contributed by atoms with Gasteiger partial charge in [0.05, 0.1) is 6.04 Å². The number of hydrogen-bond acceptors (Lipinski definition) is 2. The second-order valence-corrected chi connectivity index (χ2v) is 4.56. The number of hydrogen-bond donors (Lipinski definition) is 1. The molecule has 0 aromatic heterocycles. The smallest absolute Gasteiger partial charge is 0.382 e. The lowest BCUT2D eigenvalue weighted by atomic mass is 10.1. The van der Waals surface area contributed by atoms with Crippen LogP contribution in [0, 0.1) is 0 Å². The van der Waals surface area contributed by atoms with Crippen LogP contribution in [0.15, 0.2) is 30.3 Å². The Labute approximate surface area is 108 Å². The van der Waals surface area contributed by atoms with E-state index < -0.39 is 24.2 Å². The molecule has 1 saturated heterocycles. The number of carbonyl (C=O) groups excluding carboxylic acids is 1. The molecular weight excluding hydrogens is 259 g/mol. The molecule has 2 atom stereocenters. The van der Waals surface area contributed by atoms with Gasteiger partial charge in [0, 0.05) is 12.1 Å². The molecule has 3 nitrogen and oxygen atoms in total.